The molecule has 5 nitrogen and oxygen atoms in total. The third kappa shape index (κ3) is 5.09. The quantitative estimate of drug-likeness (QED) is 0.753. The zero-order valence-corrected chi connectivity index (χ0v) is 12.7. The highest BCUT2D eigenvalue weighted by Crippen LogP contribution is 2.12. The van der Waals surface area contributed by atoms with E-state index < -0.39 is 5.60 Å². The van der Waals surface area contributed by atoms with Gasteiger partial charge in [-0.1, -0.05) is 20.3 Å². The molecule has 0 bridgehead atoms. The summed E-state index contributed by atoms with van der Waals surface area (Å²) in [5.74, 6) is 0.291. The molecule has 5 heteroatoms. The Morgan fingerprint density at radius 2 is 1.84 bits per heavy atom. The van der Waals surface area contributed by atoms with E-state index in [1.807, 2.05) is 25.7 Å². The molecule has 0 aliphatic carbocycles. The first-order valence-electron chi connectivity index (χ1n) is 7.23. The number of nitrogens with zero attached hydrogens (tertiary/aromatic N) is 2. The Labute approximate surface area is 116 Å². The Kier molecular flexibility index (Phi) is 5.77. The molecule has 3 N–H and O–H groups in total. The van der Waals surface area contributed by atoms with Crippen LogP contribution < -0.4 is 5.73 Å². The van der Waals surface area contributed by atoms with Crippen LogP contribution in [0.1, 0.15) is 34.1 Å². The fourth-order valence-corrected chi connectivity index (χ4v) is 2.38. The summed E-state index contributed by atoms with van der Waals surface area (Å²) in [7, 11) is 0. The lowest BCUT2D eigenvalue weighted by Crippen LogP contribution is -2.56. The first-order valence-corrected chi connectivity index (χ1v) is 7.23. The Hall–Kier alpha value is -0.650. The van der Waals surface area contributed by atoms with Gasteiger partial charge < -0.3 is 15.7 Å². The highest BCUT2D eigenvalue weighted by molar-refractivity contribution is 5.82. The number of carbonyl (C=O) groups is 1. The van der Waals surface area contributed by atoms with Gasteiger partial charge >= 0.3 is 0 Å². The molecule has 19 heavy (non-hydrogen) atoms. The summed E-state index contributed by atoms with van der Waals surface area (Å²) < 4.78 is 0. The lowest BCUT2D eigenvalue weighted by molar-refractivity contribution is -0.135. The molecular formula is C14H29N3O2. The summed E-state index contributed by atoms with van der Waals surface area (Å²) in [5.41, 5.74) is 5.31. The highest BCUT2D eigenvalue weighted by atomic mass is 16.3. The maximum atomic E-state index is 12.2. The number of β-amino-alcohol motifs (C(OH)–C–C–N with tert-alkyl or cyclic N) is 1. The number of aliphatic hydroxyl groups is 1. The summed E-state index contributed by atoms with van der Waals surface area (Å²) in [6.45, 7) is 11.4. The normalized spacial score (nSPS) is 21.3. The standard InChI is InChI=1S/C14H29N3O2/c1-5-11(2)12(15)13(18)17-8-6-16(7-9-17)10-14(3,4)19/h11-12,19H,5-10,15H2,1-4H3/t11?,12-/m0/s1. The van der Waals surface area contributed by atoms with Crippen LogP contribution in [0.2, 0.25) is 0 Å². The summed E-state index contributed by atoms with van der Waals surface area (Å²) in [5, 5.41) is 9.80. The smallest absolute Gasteiger partial charge is 0.239 e. The second-order valence-corrected chi connectivity index (χ2v) is 6.33. The molecule has 1 aliphatic rings. The van der Waals surface area contributed by atoms with E-state index in [9.17, 15) is 9.90 Å². The molecule has 1 saturated heterocycles. The van der Waals surface area contributed by atoms with Crippen molar-refractivity contribution in [3.63, 3.8) is 0 Å². The fraction of sp³-hybridized carbons (Fsp3) is 0.929. The Balaban J connectivity index is 2.43. The third-order valence-corrected chi connectivity index (χ3v) is 3.84. The number of rotatable bonds is 5. The number of hydrogen-bond donors (Lipinski definition) is 2. The monoisotopic (exact) mass is 271 g/mol. The van der Waals surface area contributed by atoms with Crippen molar-refractivity contribution >= 4 is 5.91 Å². The topological polar surface area (TPSA) is 69.8 Å². The second kappa shape index (κ2) is 6.68. The lowest BCUT2D eigenvalue weighted by Gasteiger charge is -2.38. The van der Waals surface area contributed by atoms with Gasteiger partial charge in [-0.25, -0.2) is 0 Å². The van der Waals surface area contributed by atoms with Crippen LogP contribution in [0.4, 0.5) is 0 Å². The van der Waals surface area contributed by atoms with Crippen LogP contribution in [-0.4, -0.2) is 65.2 Å². The van der Waals surface area contributed by atoms with E-state index in [4.69, 9.17) is 5.73 Å². The minimum absolute atomic E-state index is 0.0669. The molecule has 2 atom stereocenters. The van der Waals surface area contributed by atoms with Crippen molar-refractivity contribution in [2.45, 2.75) is 45.8 Å². The minimum Gasteiger partial charge on any atom is -0.389 e. The third-order valence-electron chi connectivity index (χ3n) is 3.84. The predicted molar refractivity (Wildman–Crippen MR) is 76.7 cm³/mol. The molecule has 1 unspecified atom stereocenters. The Morgan fingerprint density at radius 3 is 2.26 bits per heavy atom. The van der Waals surface area contributed by atoms with Gasteiger partial charge in [-0.05, 0) is 19.8 Å². The van der Waals surface area contributed by atoms with E-state index >= 15 is 0 Å². The number of amides is 1. The molecule has 0 radical (unpaired) electrons. The molecule has 1 amide bonds. The molecule has 0 saturated carbocycles. The van der Waals surface area contributed by atoms with Gasteiger partial charge in [0.05, 0.1) is 11.6 Å². The van der Waals surface area contributed by atoms with Gasteiger partial charge in [0.1, 0.15) is 0 Å². The van der Waals surface area contributed by atoms with Gasteiger partial charge in [0.2, 0.25) is 5.91 Å². The Bertz CT molecular complexity index is 294. The van der Waals surface area contributed by atoms with Crippen molar-refractivity contribution in [3.8, 4) is 0 Å². The molecule has 1 rings (SSSR count). The molecule has 0 aromatic rings. The van der Waals surface area contributed by atoms with Crippen molar-refractivity contribution in [2.75, 3.05) is 32.7 Å². The van der Waals surface area contributed by atoms with E-state index in [2.05, 4.69) is 11.8 Å². The van der Waals surface area contributed by atoms with E-state index in [0.29, 0.717) is 19.6 Å². The summed E-state index contributed by atoms with van der Waals surface area (Å²) in [6.07, 6.45) is 0.922. The molecule has 112 valence electrons. The lowest BCUT2D eigenvalue weighted by atomic mass is 9.98. The van der Waals surface area contributed by atoms with E-state index in [1.54, 1.807) is 0 Å². The van der Waals surface area contributed by atoms with Gasteiger partial charge in [0.15, 0.2) is 0 Å². The molecule has 0 aromatic carbocycles. The fourth-order valence-electron chi connectivity index (χ4n) is 2.38. The molecule has 1 heterocycles. The molecule has 1 fully saturated rings. The highest BCUT2D eigenvalue weighted by Gasteiger charge is 2.29. The number of hydrogen-bond acceptors (Lipinski definition) is 4. The van der Waals surface area contributed by atoms with Crippen LogP contribution in [0.15, 0.2) is 0 Å². The number of piperazine rings is 1. The molecular weight excluding hydrogens is 242 g/mol. The van der Waals surface area contributed by atoms with Crippen molar-refractivity contribution in [2.24, 2.45) is 11.7 Å². The number of nitrogens with two attached hydrogens (primary N) is 1. The van der Waals surface area contributed by atoms with Gasteiger partial charge in [0.25, 0.3) is 0 Å². The summed E-state index contributed by atoms with van der Waals surface area (Å²) >= 11 is 0. The van der Waals surface area contributed by atoms with Crippen LogP contribution in [0, 0.1) is 5.92 Å². The number of carbonyl (C=O) groups excluding carboxylic acids is 1. The largest absolute Gasteiger partial charge is 0.389 e. The zero-order valence-electron chi connectivity index (χ0n) is 12.7. The van der Waals surface area contributed by atoms with E-state index in [0.717, 1.165) is 19.5 Å². The molecule has 0 aromatic heterocycles. The summed E-state index contributed by atoms with van der Waals surface area (Å²) in [4.78, 5) is 16.3. The van der Waals surface area contributed by atoms with Crippen LogP contribution in [-0.2, 0) is 4.79 Å². The van der Waals surface area contributed by atoms with Gasteiger partial charge in [-0.2, -0.15) is 0 Å². The SMILES string of the molecule is CCC(C)[C@H](N)C(=O)N1CCN(CC(C)(C)O)CC1. The summed E-state index contributed by atoms with van der Waals surface area (Å²) in [6, 6.07) is -0.383. The first-order chi connectivity index (χ1) is 8.74. The zero-order chi connectivity index (χ0) is 14.6. The van der Waals surface area contributed by atoms with Crippen molar-refractivity contribution < 1.29 is 9.90 Å². The Morgan fingerprint density at radius 1 is 1.32 bits per heavy atom. The van der Waals surface area contributed by atoms with Crippen molar-refractivity contribution in [1.82, 2.24) is 9.80 Å². The maximum absolute atomic E-state index is 12.2. The van der Waals surface area contributed by atoms with Gasteiger partial charge in [-0.3, -0.25) is 9.69 Å². The van der Waals surface area contributed by atoms with Crippen molar-refractivity contribution in [3.05, 3.63) is 0 Å². The maximum Gasteiger partial charge on any atom is 0.239 e. The van der Waals surface area contributed by atoms with Crippen LogP contribution >= 0.6 is 0 Å². The molecule has 0 spiro atoms. The van der Waals surface area contributed by atoms with E-state index in [-0.39, 0.29) is 17.9 Å². The first kappa shape index (κ1) is 16.4. The molecule has 1 aliphatic heterocycles. The van der Waals surface area contributed by atoms with Crippen LogP contribution in [0.25, 0.3) is 0 Å². The van der Waals surface area contributed by atoms with Gasteiger partial charge in [-0.15, -0.1) is 0 Å². The van der Waals surface area contributed by atoms with Gasteiger partial charge in [0, 0.05) is 32.7 Å². The van der Waals surface area contributed by atoms with E-state index in [1.165, 1.54) is 0 Å². The van der Waals surface area contributed by atoms with Crippen LogP contribution in [0.5, 0.6) is 0 Å². The minimum atomic E-state index is -0.681. The average Bonchev–Trinajstić information content (AvgIpc) is 2.35. The predicted octanol–water partition coefficient (Wildman–Crippen LogP) is 0.275. The average molecular weight is 271 g/mol. The second-order valence-electron chi connectivity index (χ2n) is 6.33. The van der Waals surface area contributed by atoms with Crippen molar-refractivity contribution in [1.29, 1.82) is 0 Å². The van der Waals surface area contributed by atoms with Crippen LogP contribution in [0.3, 0.4) is 0 Å².